The van der Waals surface area contributed by atoms with Crippen LogP contribution >= 0.6 is 11.8 Å². The van der Waals surface area contributed by atoms with Gasteiger partial charge in [0, 0.05) is 32.0 Å². The highest BCUT2D eigenvalue weighted by Gasteiger charge is 2.50. The summed E-state index contributed by atoms with van der Waals surface area (Å²) in [5, 5.41) is 0.914. The molecule has 1 aromatic rings. The van der Waals surface area contributed by atoms with Crippen molar-refractivity contribution in [3.8, 4) is 0 Å². The fourth-order valence-corrected chi connectivity index (χ4v) is 5.27. The predicted octanol–water partition coefficient (Wildman–Crippen LogP) is 2.94. The van der Waals surface area contributed by atoms with Crippen LogP contribution in [-0.2, 0) is 11.8 Å². The van der Waals surface area contributed by atoms with Crippen molar-refractivity contribution in [3.63, 3.8) is 0 Å². The molecule has 5 heteroatoms. The highest BCUT2D eigenvalue weighted by Crippen LogP contribution is 2.52. The monoisotopic (exact) mass is 307 g/mol. The molecule has 0 radical (unpaired) electrons. The van der Waals surface area contributed by atoms with Gasteiger partial charge in [-0.3, -0.25) is 4.79 Å². The number of amides is 1. The molecule has 1 aliphatic heterocycles. The smallest absolute Gasteiger partial charge is 0.233 e. The molecule has 1 amide bonds. The van der Waals surface area contributed by atoms with Gasteiger partial charge in [0.15, 0.2) is 5.16 Å². The minimum absolute atomic E-state index is 0.273. The maximum atomic E-state index is 12.6. The second-order valence-electron chi connectivity index (χ2n) is 7.84. The maximum absolute atomic E-state index is 12.6. The molecule has 1 aromatic heterocycles. The largest absolute Gasteiger partial charge is 0.338 e. The Morgan fingerprint density at radius 1 is 1.43 bits per heavy atom. The fourth-order valence-electron chi connectivity index (χ4n) is 4.45. The van der Waals surface area contributed by atoms with Crippen molar-refractivity contribution in [2.24, 2.45) is 17.9 Å². The first-order chi connectivity index (χ1) is 9.78. The van der Waals surface area contributed by atoms with Gasteiger partial charge in [-0.05, 0) is 30.1 Å². The number of carbonyl (C=O) groups excluding carboxylic acids is 1. The van der Waals surface area contributed by atoms with E-state index in [1.54, 1.807) is 18.0 Å². The average molecular weight is 307 g/mol. The fraction of sp³-hybridized carbons (Fsp3) is 0.750. The van der Waals surface area contributed by atoms with Crippen LogP contribution in [0.2, 0.25) is 0 Å². The van der Waals surface area contributed by atoms with Crippen LogP contribution in [0.25, 0.3) is 0 Å². The van der Waals surface area contributed by atoms with Crippen molar-refractivity contribution in [1.82, 2.24) is 14.5 Å². The summed E-state index contributed by atoms with van der Waals surface area (Å²) in [6.07, 6.45) is 7.24. The van der Waals surface area contributed by atoms with Crippen molar-refractivity contribution >= 4 is 17.7 Å². The van der Waals surface area contributed by atoms with Crippen LogP contribution in [0.3, 0.4) is 0 Å². The van der Waals surface area contributed by atoms with Crippen molar-refractivity contribution in [3.05, 3.63) is 12.4 Å². The van der Waals surface area contributed by atoms with Crippen LogP contribution in [0.5, 0.6) is 0 Å². The van der Waals surface area contributed by atoms with E-state index in [9.17, 15) is 4.79 Å². The quantitative estimate of drug-likeness (QED) is 0.806. The van der Waals surface area contributed by atoms with E-state index in [-0.39, 0.29) is 5.91 Å². The highest BCUT2D eigenvalue weighted by molar-refractivity contribution is 7.99. The van der Waals surface area contributed by atoms with Crippen molar-refractivity contribution in [1.29, 1.82) is 0 Å². The van der Waals surface area contributed by atoms with Gasteiger partial charge in [-0.2, -0.15) is 0 Å². The first-order valence-electron chi connectivity index (χ1n) is 7.68. The number of imidazole rings is 1. The summed E-state index contributed by atoms with van der Waals surface area (Å²) in [5.41, 5.74) is 0.676. The molecule has 0 aromatic carbocycles. The predicted molar refractivity (Wildman–Crippen MR) is 85.2 cm³/mol. The van der Waals surface area contributed by atoms with Crippen molar-refractivity contribution in [2.45, 2.75) is 51.2 Å². The van der Waals surface area contributed by atoms with Gasteiger partial charge >= 0.3 is 0 Å². The zero-order valence-corrected chi connectivity index (χ0v) is 14.2. The van der Waals surface area contributed by atoms with Gasteiger partial charge in [0.05, 0.1) is 5.75 Å². The van der Waals surface area contributed by atoms with Crippen LogP contribution in [0.4, 0.5) is 0 Å². The zero-order chi connectivity index (χ0) is 15.3. The molecule has 2 fully saturated rings. The Hall–Kier alpha value is -0.970. The summed E-state index contributed by atoms with van der Waals surface area (Å²) < 4.78 is 1.96. The van der Waals surface area contributed by atoms with E-state index in [0.717, 1.165) is 18.1 Å². The maximum Gasteiger partial charge on any atom is 0.233 e. The Labute approximate surface area is 131 Å². The normalized spacial score (nSPS) is 30.7. The molecular weight excluding hydrogens is 282 g/mol. The van der Waals surface area contributed by atoms with Crippen LogP contribution < -0.4 is 0 Å². The molecule has 116 valence electrons. The first kappa shape index (κ1) is 14.9. The Kier molecular flexibility index (Phi) is 3.59. The topological polar surface area (TPSA) is 38.1 Å². The molecule has 4 nitrogen and oxygen atoms in total. The number of carbonyl (C=O) groups is 1. The van der Waals surface area contributed by atoms with Crippen LogP contribution in [-0.4, -0.2) is 38.7 Å². The van der Waals surface area contributed by atoms with Gasteiger partial charge < -0.3 is 9.47 Å². The number of aryl methyl sites for hydroxylation is 1. The van der Waals surface area contributed by atoms with Crippen molar-refractivity contribution in [2.75, 3.05) is 12.3 Å². The molecule has 1 saturated heterocycles. The molecule has 2 unspecified atom stereocenters. The number of thioether (sulfide) groups is 1. The van der Waals surface area contributed by atoms with Gasteiger partial charge in [0.1, 0.15) is 0 Å². The van der Waals surface area contributed by atoms with Gasteiger partial charge in [-0.25, -0.2) is 4.98 Å². The minimum Gasteiger partial charge on any atom is -0.338 e. The van der Waals surface area contributed by atoms with E-state index >= 15 is 0 Å². The van der Waals surface area contributed by atoms with Crippen LogP contribution in [0.1, 0.15) is 40.0 Å². The van der Waals surface area contributed by atoms with E-state index in [0.29, 0.717) is 22.6 Å². The van der Waals surface area contributed by atoms with Gasteiger partial charge in [0.2, 0.25) is 5.91 Å². The third-order valence-corrected chi connectivity index (χ3v) is 5.88. The molecular formula is C16H25N3OS. The number of nitrogens with zero attached hydrogens (tertiary/aromatic N) is 3. The molecule has 2 aliphatic rings. The molecule has 2 bridgehead atoms. The average Bonchev–Trinajstić information content (AvgIpc) is 2.86. The number of fused-ring (bicyclic) bond motifs is 2. The third-order valence-electron chi connectivity index (χ3n) is 4.84. The standard InChI is InChI=1S/C16H25N3OS/c1-15(2)7-12-8-16(3,10-15)11-19(12)13(20)9-21-14-17-5-6-18(14)4/h5-6,12H,7-11H2,1-4H3. The summed E-state index contributed by atoms with van der Waals surface area (Å²) in [6, 6.07) is 0.438. The highest BCUT2D eigenvalue weighted by atomic mass is 32.2. The summed E-state index contributed by atoms with van der Waals surface area (Å²) in [7, 11) is 1.96. The molecule has 21 heavy (non-hydrogen) atoms. The van der Waals surface area contributed by atoms with E-state index in [1.165, 1.54) is 12.8 Å². The number of hydrogen-bond acceptors (Lipinski definition) is 3. The lowest BCUT2D eigenvalue weighted by Gasteiger charge is -2.39. The summed E-state index contributed by atoms with van der Waals surface area (Å²) in [4.78, 5) is 19.0. The number of hydrogen-bond donors (Lipinski definition) is 0. The first-order valence-corrected chi connectivity index (χ1v) is 8.66. The lowest BCUT2D eigenvalue weighted by atomic mass is 9.65. The Morgan fingerprint density at radius 3 is 2.86 bits per heavy atom. The number of rotatable bonds is 3. The Bertz CT molecular complexity index is 553. The second-order valence-corrected chi connectivity index (χ2v) is 8.79. The van der Waals surface area contributed by atoms with E-state index in [1.807, 2.05) is 17.8 Å². The molecule has 3 rings (SSSR count). The third kappa shape index (κ3) is 2.98. The van der Waals surface area contributed by atoms with Gasteiger partial charge in [-0.1, -0.05) is 32.5 Å². The Balaban J connectivity index is 1.65. The molecule has 2 atom stereocenters. The lowest BCUT2D eigenvalue weighted by Crippen LogP contribution is -2.38. The van der Waals surface area contributed by atoms with Crippen molar-refractivity contribution < 1.29 is 4.79 Å². The van der Waals surface area contributed by atoms with E-state index < -0.39 is 0 Å². The molecule has 0 spiro atoms. The summed E-state index contributed by atoms with van der Waals surface area (Å²) in [6.45, 7) is 7.96. The SMILES string of the molecule is Cn1ccnc1SCC(=O)N1CC2(C)CC1CC(C)(C)C2. The molecule has 0 N–H and O–H groups in total. The van der Waals surface area contributed by atoms with E-state index in [4.69, 9.17) is 0 Å². The summed E-state index contributed by atoms with van der Waals surface area (Å²) >= 11 is 1.54. The number of aromatic nitrogens is 2. The zero-order valence-electron chi connectivity index (χ0n) is 13.4. The molecule has 2 heterocycles. The van der Waals surface area contributed by atoms with Gasteiger partial charge in [0.25, 0.3) is 0 Å². The van der Waals surface area contributed by atoms with Gasteiger partial charge in [-0.15, -0.1) is 0 Å². The van der Waals surface area contributed by atoms with Crippen LogP contribution in [0, 0.1) is 10.8 Å². The molecule has 1 saturated carbocycles. The van der Waals surface area contributed by atoms with Crippen LogP contribution in [0.15, 0.2) is 17.6 Å². The number of likely N-dealkylation sites (tertiary alicyclic amines) is 1. The minimum atomic E-state index is 0.273. The molecule has 1 aliphatic carbocycles. The second kappa shape index (κ2) is 5.04. The summed E-state index contributed by atoms with van der Waals surface area (Å²) in [5.74, 6) is 0.770. The lowest BCUT2D eigenvalue weighted by molar-refractivity contribution is -0.129. The van der Waals surface area contributed by atoms with E-state index in [2.05, 4.69) is 30.7 Å². The Morgan fingerprint density at radius 2 is 2.19 bits per heavy atom.